The van der Waals surface area contributed by atoms with E-state index < -0.39 is 0 Å². The topological polar surface area (TPSA) is 8.17 Å². The minimum Gasteiger partial charge on any atom is -0.313 e. The Balaban J connectivity index is 1.11. The molecular formula is C42H30N2S. The van der Waals surface area contributed by atoms with Crippen LogP contribution in [0.5, 0.6) is 0 Å². The third-order valence-corrected chi connectivity index (χ3v) is 11.1. The zero-order valence-corrected chi connectivity index (χ0v) is 25.6. The van der Waals surface area contributed by atoms with Gasteiger partial charge in [0.05, 0.1) is 11.0 Å². The molecule has 7 aromatic rings. The van der Waals surface area contributed by atoms with E-state index in [2.05, 4.69) is 149 Å². The molecule has 0 spiro atoms. The molecule has 2 nitrogen and oxygen atoms in total. The van der Waals surface area contributed by atoms with Crippen molar-refractivity contribution in [3.05, 3.63) is 155 Å². The van der Waals surface area contributed by atoms with Gasteiger partial charge in [0.2, 0.25) is 0 Å². The average molecular weight is 595 g/mol. The number of fused-ring (bicyclic) bond motifs is 9. The lowest BCUT2D eigenvalue weighted by Gasteiger charge is -2.24. The number of rotatable bonds is 3. The lowest BCUT2D eigenvalue weighted by molar-refractivity contribution is 0.820. The van der Waals surface area contributed by atoms with Crippen molar-refractivity contribution in [3.63, 3.8) is 0 Å². The van der Waals surface area contributed by atoms with Gasteiger partial charge in [-0.25, -0.2) is 0 Å². The maximum atomic E-state index is 2.52. The first-order chi connectivity index (χ1) is 22.3. The van der Waals surface area contributed by atoms with Gasteiger partial charge in [-0.3, -0.25) is 0 Å². The molecule has 45 heavy (non-hydrogen) atoms. The van der Waals surface area contributed by atoms with E-state index in [0.717, 1.165) is 19.3 Å². The summed E-state index contributed by atoms with van der Waals surface area (Å²) in [7, 11) is 0. The molecule has 1 unspecified atom stereocenters. The molecule has 0 saturated carbocycles. The molecule has 10 rings (SSSR count). The lowest BCUT2D eigenvalue weighted by Crippen LogP contribution is -2.14. The Morgan fingerprint density at radius 3 is 2.47 bits per heavy atom. The fourth-order valence-corrected chi connectivity index (χ4v) is 9.06. The van der Waals surface area contributed by atoms with Gasteiger partial charge in [0, 0.05) is 49.0 Å². The Hall–Kier alpha value is -5.12. The number of anilines is 2. The standard InChI is InChI=1S/C42H30N2S/c1-2-10-29(11-3-1)43-37-15-7-4-12-31(37)34-24-27(18-21-39(34)43)28-19-22-40-35(25-28)32-13-5-8-16-38(32)44(40)30-20-23-42-36(26-30)33-14-6-9-17-41(33)45-42/h1-5,7-12,15-26,32H,6,13-14H2. The molecule has 2 aliphatic carbocycles. The Labute approximate surface area is 266 Å². The molecular weight excluding hydrogens is 565 g/mol. The van der Waals surface area contributed by atoms with Crippen LogP contribution in [0.3, 0.4) is 0 Å². The number of hydrogen-bond donors (Lipinski definition) is 0. The second-order valence-corrected chi connectivity index (χ2v) is 13.5. The summed E-state index contributed by atoms with van der Waals surface area (Å²) >= 11 is 1.93. The molecule has 0 radical (unpaired) electrons. The van der Waals surface area contributed by atoms with E-state index >= 15 is 0 Å². The van der Waals surface area contributed by atoms with Crippen LogP contribution in [0, 0.1) is 0 Å². The molecule has 0 saturated heterocycles. The fourth-order valence-electron chi connectivity index (χ4n) is 7.89. The van der Waals surface area contributed by atoms with Gasteiger partial charge in [-0.1, -0.05) is 66.8 Å². The fraction of sp³-hybridized carbons (Fsp3) is 0.0952. The van der Waals surface area contributed by atoms with Crippen LogP contribution in [-0.4, -0.2) is 4.57 Å². The number of aryl methyl sites for hydroxylation is 1. The molecule has 0 fully saturated rings. The molecule has 2 aromatic heterocycles. The highest BCUT2D eigenvalue weighted by Crippen LogP contribution is 2.52. The number of aromatic nitrogens is 1. The second kappa shape index (κ2) is 9.69. The maximum Gasteiger partial charge on any atom is 0.0541 e. The van der Waals surface area contributed by atoms with E-state index in [0.29, 0.717) is 5.92 Å². The predicted octanol–water partition coefficient (Wildman–Crippen LogP) is 11.7. The van der Waals surface area contributed by atoms with Gasteiger partial charge in [0.15, 0.2) is 0 Å². The largest absolute Gasteiger partial charge is 0.313 e. The molecule has 0 N–H and O–H groups in total. The Morgan fingerprint density at radius 2 is 1.51 bits per heavy atom. The molecule has 3 heteroatoms. The first-order valence-electron chi connectivity index (χ1n) is 15.9. The van der Waals surface area contributed by atoms with Crippen LogP contribution in [0.4, 0.5) is 11.4 Å². The van der Waals surface area contributed by atoms with Crippen LogP contribution < -0.4 is 4.90 Å². The summed E-state index contributed by atoms with van der Waals surface area (Å²) in [5.41, 5.74) is 13.1. The predicted molar refractivity (Wildman–Crippen MR) is 192 cm³/mol. The monoisotopic (exact) mass is 594 g/mol. The maximum absolute atomic E-state index is 2.52. The number of para-hydroxylation sites is 2. The quantitative estimate of drug-likeness (QED) is 0.198. The highest BCUT2D eigenvalue weighted by Gasteiger charge is 2.35. The van der Waals surface area contributed by atoms with Crippen molar-refractivity contribution in [2.45, 2.75) is 25.2 Å². The molecule has 3 aliphatic rings. The van der Waals surface area contributed by atoms with E-state index in [4.69, 9.17) is 0 Å². The van der Waals surface area contributed by atoms with Crippen LogP contribution in [0.15, 0.2) is 139 Å². The van der Waals surface area contributed by atoms with E-state index in [1.165, 1.54) is 81.8 Å². The highest BCUT2D eigenvalue weighted by atomic mass is 32.1. The number of allylic oxidation sites excluding steroid dienone is 5. The summed E-state index contributed by atoms with van der Waals surface area (Å²) in [6, 6.07) is 40.7. The number of hydrogen-bond acceptors (Lipinski definition) is 2. The first-order valence-corrected chi connectivity index (χ1v) is 16.8. The average Bonchev–Trinajstić information content (AvgIpc) is 3.75. The zero-order valence-electron chi connectivity index (χ0n) is 24.8. The summed E-state index contributed by atoms with van der Waals surface area (Å²) < 4.78 is 3.78. The van der Waals surface area contributed by atoms with Gasteiger partial charge in [-0.05, 0) is 120 Å². The van der Waals surface area contributed by atoms with Crippen LogP contribution >= 0.6 is 11.3 Å². The normalized spacial score (nSPS) is 16.8. The minimum atomic E-state index is 0.365. The molecule has 3 heterocycles. The van der Waals surface area contributed by atoms with E-state index in [9.17, 15) is 0 Å². The second-order valence-electron chi connectivity index (χ2n) is 12.4. The van der Waals surface area contributed by atoms with Gasteiger partial charge < -0.3 is 9.47 Å². The molecule has 1 aliphatic heterocycles. The Morgan fingerprint density at radius 1 is 0.667 bits per heavy atom. The zero-order chi connectivity index (χ0) is 29.5. The van der Waals surface area contributed by atoms with E-state index in [1.807, 2.05) is 11.3 Å². The lowest BCUT2D eigenvalue weighted by atomic mass is 9.90. The molecule has 5 aromatic carbocycles. The third kappa shape index (κ3) is 3.74. The van der Waals surface area contributed by atoms with Crippen LogP contribution in [-0.2, 0) is 6.42 Å². The first kappa shape index (κ1) is 25.2. The van der Waals surface area contributed by atoms with Crippen molar-refractivity contribution in [2.75, 3.05) is 4.90 Å². The van der Waals surface area contributed by atoms with Crippen molar-refractivity contribution >= 4 is 60.7 Å². The van der Waals surface area contributed by atoms with Gasteiger partial charge in [-0.15, -0.1) is 11.3 Å². The number of thiophene rings is 1. The molecule has 0 bridgehead atoms. The third-order valence-electron chi connectivity index (χ3n) is 9.95. The Bertz CT molecular complexity index is 2420. The van der Waals surface area contributed by atoms with E-state index in [-0.39, 0.29) is 0 Å². The van der Waals surface area contributed by atoms with Crippen molar-refractivity contribution in [3.8, 4) is 16.8 Å². The minimum absolute atomic E-state index is 0.365. The Kier molecular flexibility index (Phi) is 5.43. The van der Waals surface area contributed by atoms with Crippen LogP contribution in [0.25, 0.3) is 54.8 Å². The SMILES string of the molecule is C1=CCC2C(=C1)N(c1ccc3sc4c(c3c1)CCC=C4)c1ccc(-c3ccc4c(c3)c3ccccc3n4-c3ccccc3)cc12. The summed E-state index contributed by atoms with van der Waals surface area (Å²) in [5, 5.41) is 4.00. The number of benzene rings is 5. The van der Waals surface area contributed by atoms with Crippen molar-refractivity contribution in [1.82, 2.24) is 4.57 Å². The van der Waals surface area contributed by atoms with Gasteiger partial charge in [0.25, 0.3) is 0 Å². The summed E-state index contributed by atoms with van der Waals surface area (Å²) in [4.78, 5) is 3.95. The number of nitrogens with zero attached hydrogens (tertiary/aromatic N) is 2. The van der Waals surface area contributed by atoms with Gasteiger partial charge in [0.1, 0.15) is 0 Å². The van der Waals surface area contributed by atoms with Gasteiger partial charge >= 0.3 is 0 Å². The van der Waals surface area contributed by atoms with Crippen LogP contribution in [0.1, 0.15) is 34.8 Å². The van der Waals surface area contributed by atoms with Crippen molar-refractivity contribution in [1.29, 1.82) is 0 Å². The summed E-state index contributed by atoms with van der Waals surface area (Å²) in [5.74, 6) is 0.365. The smallest absolute Gasteiger partial charge is 0.0541 e. The van der Waals surface area contributed by atoms with E-state index in [1.54, 1.807) is 0 Å². The molecule has 1 atom stereocenters. The van der Waals surface area contributed by atoms with Crippen LogP contribution in [0.2, 0.25) is 0 Å². The van der Waals surface area contributed by atoms with Crippen molar-refractivity contribution < 1.29 is 0 Å². The van der Waals surface area contributed by atoms with Gasteiger partial charge in [-0.2, -0.15) is 0 Å². The molecule has 0 amide bonds. The molecule has 214 valence electrons. The summed E-state index contributed by atoms with van der Waals surface area (Å²) in [6.45, 7) is 0. The van der Waals surface area contributed by atoms with Crippen molar-refractivity contribution in [2.24, 2.45) is 0 Å². The highest BCUT2D eigenvalue weighted by molar-refractivity contribution is 7.20. The summed E-state index contributed by atoms with van der Waals surface area (Å²) in [6.07, 6.45) is 14.8.